The van der Waals surface area contributed by atoms with E-state index in [2.05, 4.69) is 0 Å². The van der Waals surface area contributed by atoms with E-state index in [1.54, 1.807) is 6.07 Å². The van der Waals surface area contributed by atoms with Crippen LogP contribution in [0, 0.1) is 5.82 Å². The second kappa shape index (κ2) is 4.59. The summed E-state index contributed by atoms with van der Waals surface area (Å²) in [5, 5.41) is 9.35. The standard InChI is InChI=1S/C14H17FO3/c1-3-10-11(15)7-9(8-12(10)18-2)14(13(16)17)5-4-6-14/h7-8H,3-6H2,1-2H3,(H,16,17). The zero-order valence-corrected chi connectivity index (χ0v) is 10.6. The normalized spacial score (nSPS) is 17.1. The van der Waals surface area contributed by atoms with Crippen LogP contribution in [-0.2, 0) is 16.6 Å². The molecule has 1 aromatic carbocycles. The molecular formula is C14H17FO3. The summed E-state index contributed by atoms with van der Waals surface area (Å²) in [5.41, 5.74) is 0.106. The van der Waals surface area contributed by atoms with Crippen molar-refractivity contribution in [1.82, 2.24) is 0 Å². The number of halogens is 1. The molecule has 0 bridgehead atoms. The summed E-state index contributed by atoms with van der Waals surface area (Å²) in [6.45, 7) is 1.84. The third-order valence-electron chi connectivity index (χ3n) is 3.90. The second-order valence-electron chi connectivity index (χ2n) is 4.73. The predicted molar refractivity (Wildman–Crippen MR) is 65.5 cm³/mol. The number of rotatable bonds is 4. The second-order valence-corrected chi connectivity index (χ2v) is 4.73. The first-order valence-corrected chi connectivity index (χ1v) is 6.15. The Morgan fingerprint density at radius 1 is 1.50 bits per heavy atom. The Morgan fingerprint density at radius 3 is 2.56 bits per heavy atom. The van der Waals surface area contributed by atoms with E-state index >= 15 is 0 Å². The summed E-state index contributed by atoms with van der Waals surface area (Å²) in [6.07, 6.45) is 2.52. The molecule has 0 saturated heterocycles. The molecule has 0 aromatic heterocycles. The van der Waals surface area contributed by atoms with Gasteiger partial charge in [-0.3, -0.25) is 4.79 Å². The minimum absolute atomic E-state index is 0.376. The number of ether oxygens (including phenoxy) is 1. The van der Waals surface area contributed by atoms with Gasteiger partial charge >= 0.3 is 5.97 Å². The van der Waals surface area contributed by atoms with Gasteiger partial charge in [-0.15, -0.1) is 0 Å². The summed E-state index contributed by atoms with van der Waals surface area (Å²) in [5.74, 6) is -0.807. The van der Waals surface area contributed by atoms with Crippen molar-refractivity contribution in [3.05, 3.63) is 29.1 Å². The van der Waals surface area contributed by atoms with Gasteiger partial charge in [-0.25, -0.2) is 4.39 Å². The van der Waals surface area contributed by atoms with Gasteiger partial charge in [0.1, 0.15) is 11.6 Å². The number of hydrogen-bond donors (Lipinski definition) is 1. The number of hydrogen-bond acceptors (Lipinski definition) is 2. The summed E-state index contributed by atoms with van der Waals surface area (Å²) in [6, 6.07) is 3.03. The van der Waals surface area contributed by atoms with Gasteiger partial charge in [0.05, 0.1) is 12.5 Å². The molecule has 18 heavy (non-hydrogen) atoms. The van der Waals surface area contributed by atoms with Gasteiger partial charge in [0.15, 0.2) is 0 Å². The summed E-state index contributed by atoms with van der Waals surface area (Å²) in [7, 11) is 1.48. The quantitative estimate of drug-likeness (QED) is 0.896. The molecular weight excluding hydrogens is 235 g/mol. The highest BCUT2D eigenvalue weighted by Crippen LogP contribution is 2.45. The highest BCUT2D eigenvalue weighted by molar-refractivity contribution is 5.82. The Labute approximate surface area is 106 Å². The van der Waals surface area contributed by atoms with Gasteiger partial charge < -0.3 is 9.84 Å². The van der Waals surface area contributed by atoms with Crippen LogP contribution in [0.2, 0.25) is 0 Å². The molecule has 0 aliphatic heterocycles. The van der Waals surface area contributed by atoms with Crippen LogP contribution in [0.15, 0.2) is 12.1 Å². The molecule has 1 fully saturated rings. The molecule has 1 aliphatic rings. The third kappa shape index (κ3) is 1.76. The van der Waals surface area contributed by atoms with E-state index in [4.69, 9.17) is 4.74 Å². The molecule has 0 heterocycles. The SMILES string of the molecule is CCc1c(F)cc(C2(C(=O)O)CCC2)cc1OC. The van der Waals surface area contributed by atoms with Gasteiger partial charge in [0.25, 0.3) is 0 Å². The molecule has 4 heteroatoms. The van der Waals surface area contributed by atoms with Gasteiger partial charge in [0.2, 0.25) is 0 Å². The van der Waals surface area contributed by atoms with Crippen LogP contribution < -0.4 is 4.74 Å². The number of benzene rings is 1. The number of aliphatic carboxylic acids is 1. The maximum atomic E-state index is 14.0. The maximum Gasteiger partial charge on any atom is 0.314 e. The highest BCUT2D eigenvalue weighted by atomic mass is 19.1. The van der Waals surface area contributed by atoms with Crippen LogP contribution in [0.3, 0.4) is 0 Å². The molecule has 0 atom stereocenters. The average molecular weight is 252 g/mol. The van der Waals surface area contributed by atoms with Gasteiger partial charge in [-0.2, -0.15) is 0 Å². The van der Waals surface area contributed by atoms with E-state index in [0.717, 1.165) is 6.42 Å². The van der Waals surface area contributed by atoms with Crippen LogP contribution in [0.1, 0.15) is 37.3 Å². The number of carboxylic acids is 1. The first-order valence-electron chi connectivity index (χ1n) is 6.15. The predicted octanol–water partition coefficient (Wildman–Crippen LogP) is 2.90. The molecule has 3 nitrogen and oxygen atoms in total. The Morgan fingerprint density at radius 2 is 2.17 bits per heavy atom. The van der Waals surface area contributed by atoms with Crippen molar-refractivity contribution < 1.29 is 19.0 Å². The fraction of sp³-hybridized carbons (Fsp3) is 0.500. The summed E-state index contributed by atoms with van der Waals surface area (Å²) >= 11 is 0. The molecule has 0 amide bonds. The highest BCUT2D eigenvalue weighted by Gasteiger charge is 2.46. The number of carbonyl (C=O) groups is 1. The van der Waals surface area contributed by atoms with E-state index in [1.165, 1.54) is 13.2 Å². The van der Waals surface area contributed by atoms with Crippen LogP contribution >= 0.6 is 0 Å². The van der Waals surface area contributed by atoms with Crippen molar-refractivity contribution in [1.29, 1.82) is 0 Å². The van der Waals surface area contributed by atoms with Crippen LogP contribution in [0.4, 0.5) is 4.39 Å². The fourth-order valence-corrected chi connectivity index (χ4v) is 2.57. The Balaban J connectivity index is 2.52. The largest absolute Gasteiger partial charge is 0.496 e. The third-order valence-corrected chi connectivity index (χ3v) is 3.90. The average Bonchev–Trinajstić information content (AvgIpc) is 2.26. The molecule has 0 spiro atoms. The number of methoxy groups -OCH3 is 1. The van der Waals surface area contributed by atoms with E-state index in [1.807, 2.05) is 6.92 Å². The lowest BCUT2D eigenvalue weighted by molar-refractivity contribution is -0.147. The van der Waals surface area contributed by atoms with E-state index < -0.39 is 11.4 Å². The van der Waals surface area contributed by atoms with Crippen LogP contribution in [0.25, 0.3) is 0 Å². The lowest BCUT2D eigenvalue weighted by Gasteiger charge is -2.38. The van der Waals surface area contributed by atoms with Gasteiger partial charge in [-0.05, 0) is 37.0 Å². The lowest BCUT2D eigenvalue weighted by Crippen LogP contribution is -2.42. The van der Waals surface area contributed by atoms with Crippen LogP contribution in [-0.4, -0.2) is 18.2 Å². The van der Waals surface area contributed by atoms with Crippen molar-refractivity contribution in [2.45, 2.75) is 38.0 Å². The smallest absolute Gasteiger partial charge is 0.314 e. The molecule has 0 radical (unpaired) electrons. The summed E-state index contributed by atoms with van der Waals surface area (Å²) < 4.78 is 19.1. The number of carboxylic acid groups (broad SMARTS) is 1. The zero-order chi connectivity index (χ0) is 13.3. The summed E-state index contributed by atoms with van der Waals surface area (Å²) in [4.78, 5) is 11.4. The van der Waals surface area contributed by atoms with Gasteiger partial charge in [0, 0.05) is 5.56 Å². The van der Waals surface area contributed by atoms with Crippen molar-refractivity contribution in [2.75, 3.05) is 7.11 Å². The fourth-order valence-electron chi connectivity index (χ4n) is 2.57. The topological polar surface area (TPSA) is 46.5 Å². The van der Waals surface area contributed by atoms with Crippen molar-refractivity contribution in [3.8, 4) is 5.75 Å². The first-order chi connectivity index (χ1) is 8.55. The molecule has 2 rings (SSSR count). The van der Waals surface area contributed by atoms with E-state index in [0.29, 0.717) is 36.1 Å². The first kappa shape index (κ1) is 12.9. The Bertz CT molecular complexity index is 478. The molecule has 98 valence electrons. The van der Waals surface area contributed by atoms with E-state index in [9.17, 15) is 14.3 Å². The molecule has 0 unspecified atom stereocenters. The maximum absolute atomic E-state index is 14.0. The minimum Gasteiger partial charge on any atom is -0.496 e. The molecule has 1 aliphatic carbocycles. The monoisotopic (exact) mass is 252 g/mol. The zero-order valence-electron chi connectivity index (χ0n) is 10.6. The van der Waals surface area contributed by atoms with Gasteiger partial charge in [-0.1, -0.05) is 13.3 Å². The Kier molecular flexibility index (Phi) is 3.28. The van der Waals surface area contributed by atoms with Crippen LogP contribution in [0.5, 0.6) is 5.75 Å². The Hall–Kier alpha value is -1.58. The minimum atomic E-state index is -0.916. The molecule has 1 saturated carbocycles. The van der Waals surface area contributed by atoms with E-state index in [-0.39, 0.29) is 5.82 Å². The van der Waals surface area contributed by atoms with Crippen molar-refractivity contribution >= 4 is 5.97 Å². The van der Waals surface area contributed by atoms with Crippen molar-refractivity contribution in [3.63, 3.8) is 0 Å². The molecule has 1 N–H and O–H groups in total. The molecule has 1 aromatic rings. The lowest BCUT2D eigenvalue weighted by atomic mass is 9.64. The van der Waals surface area contributed by atoms with Crippen molar-refractivity contribution in [2.24, 2.45) is 0 Å².